The molecule has 0 radical (unpaired) electrons. The molecule has 1 fully saturated rings. The number of ether oxygens (including phenoxy) is 1. The SMILES string of the molecule is COc1cccc(-n2cc(C(=O)N3CCN(c4ccc(C)cc4)[C@H](C)C3)c3ccccc3c2=O)c1. The minimum atomic E-state index is -0.164. The lowest BCUT2D eigenvalue weighted by atomic mass is 10.0. The third-order valence-electron chi connectivity index (χ3n) is 6.77. The number of nitrogens with zero attached hydrogens (tertiary/aromatic N) is 3. The number of pyridine rings is 1. The van der Waals surface area contributed by atoms with Gasteiger partial charge in [0.2, 0.25) is 0 Å². The van der Waals surface area contributed by atoms with Crippen LogP contribution in [0.3, 0.4) is 0 Å². The van der Waals surface area contributed by atoms with Crippen molar-refractivity contribution in [2.45, 2.75) is 19.9 Å². The molecule has 1 atom stereocenters. The van der Waals surface area contributed by atoms with E-state index >= 15 is 0 Å². The van der Waals surface area contributed by atoms with Gasteiger partial charge in [0.05, 0.1) is 18.4 Å². The Morgan fingerprint density at radius 1 is 0.914 bits per heavy atom. The summed E-state index contributed by atoms with van der Waals surface area (Å²) < 4.78 is 6.89. The molecule has 0 spiro atoms. The topological polar surface area (TPSA) is 54.8 Å². The number of carbonyl (C=O) groups is 1. The molecule has 2 heterocycles. The molecule has 1 aromatic heterocycles. The van der Waals surface area contributed by atoms with Crippen molar-refractivity contribution < 1.29 is 9.53 Å². The molecule has 0 unspecified atom stereocenters. The summed E-state index contributed by atoms with van der Waals surface area (Å²) in [6.07, 6.45) is 1.68. The van der Waals surface area contributed by atoms with Gasteiger partial charge in [0.25, 0.3) is 11.5 Å². The average molecular weight is 468 g/mol. The Morgan fingerprint density at radius 2 is 1.66 bits per heavy atom. The second-order valence-electron chi connectivity index (χ2n) is 9.09. The number of piperazine rings is 1. The summed E-state index contributed by atoms with van der Waals surface area (Å²) >= 11 is 0. The summed E-state index contributed by atoms with van der Waals surface area (Å²) in [5, 5.41) is 1.20. The standard InChI is InChI=1S/C29H29N3O3/c1-20-11-13-22(14-12-20)31-16-15-30(18-21(31)2)28(33)27-19-32(23-7-6-8-24(17-23)35-3)29(34)26-10-5-4-9-25(26)27/h4-14,17,19,21H,15-16,18H2,1-3H3/t21-/m1/s1. The monoisotopic (exact) mass is 467 g/mol. The van der Waals surface area contributed by atoms with E-state index in [1.807, 2.05) is 41.3 Å². The van der Waals surface area contributed by atoms with Crippen LogP contribution in [0.15, 0.2) is 83.8 Å². The number of fused-ring (bicyclic) bond motifs is 1. The maximum Gasteiger partial charge on any atom is 0.262 e. The van der Waals surface area contributed by atoms with E-state index in [1.165, 1.54) is 11.3 Å². The molecule has 3 aromatic carbocycles. The van der Waals surface area contributed by atoms with Crippen molar-refractivity contribution in [3.63, 3.8) is 0 Å². The highest BCUT2D eigenvalue weighted by Gasteiger charge is 2.29. The van der Waals surface area contributed by atoms with E-state index in [2.05, 4.69) is 43.0 Å². The number of rotatable bonds is 4. The second-order valence-corrected chi connectivity index (χ2v) is 9.09. The van der Waals surface area contributed by atoms with Crippen LogP contribution < -0.4 is 15.2 Å². The van der Waals surface area contributed by atoms with Crippen molar-refractivity contribution >= 4 is 22.4 Å². The summed E-state index contributed by atoms with van der Waals surface area (Å²) in [4.78, 5) is 31.4. The third kappa shape index (κ3) is 4.28. The number of aryl methyl sites for hydroxylation is 1. The summed E-state index contributed by atoms with van der Waals surface area (Å²) in [5.74, 6) is 0.588. The highest BCUT2D eigenvalue weighted by Crippen LogP contribution is 2.25. The number of hydrogen-bond donors (Lipinski definition) is 0. The first-order valence-corrected chi connectivity index (χ1v) is 11.9. The van der Waals surface area contributed by atoms with E-state index in [-0.39, 0.29) is 17.5 Å². The van der Waals surface area contributed by atoms with Gasteiger partial charge in [-0.15, -0.1) is 0 Å². The van der Waals surface area contributed by atoms with Crippen molar-refractivity contribution in [2.24, 2.45) is 0 Å². The molecule has 0 saturated carbocycles. The Morgan fingerprint density at radius 3 is 2.37 bits per heavy atom. The van der Waals surface area contributed by atoms with Crippen molar-refractivity contribution in [1.82, 2.24) is 9.47 Å². The van der Waals surface area contributed by atoms with Crippen molar-refractivity contribution in [3.8, 4) is 11.4 Å². The highest BCUT2D eigenvalue weighted by atomic mass is 16.5. The molecule has 4 aromatic rings. The number of methoxy groups -OCH3 is 1. The fraction of sp³-hybridized carbons (Fsp3) is 0.241. The van der Waals surface area contributed by atoms with Crippen molar-refractivity contribution in [3.05, 3.63) is 100 Å². The molecule has 6 heteroatoms. The predicted molar refractivity (Wildman–Crippen MR) is 140 cm³/mol. The first-order valence-electron chi connectivity index (χ1n) is 11.9. The quantitative estimate of drug-likeness (QED) is 0.438. The van der Waals surface area contributed by atoms with E-state index in [0.717, 1.165) is 6.54 Å². The Kier molecular flexibility index (Phi) is 6.03. The van der Waals surface area contributed by atoms with Gasteiger partial charge in [0.1, 0.15) is 5.75 Å². The van der Waals surface area contributed by atoms with E-state index in [1.54, 1.807) is 30.0 Å². The molecule has 6 nitrogen and oxygen atoms in total. The molecule has 5 rings (SSSR count). The van der Waals surface area contributed by atoms with Gasteiger partial charge in [-0.05, 0) is 44.2 Å². The Labute approximate surface area is 205 Å². The smallest absolute Gasteiger partial charge is 0.262 e. The van der Waals surface area contributed by atoms with Gasteiger partial charge in [-0.25, -0.2) is 0 Å². The van der Waals surface area contributed by atoms with Crippen LogP contribution in [-0.2, 0) is 0 Å². The van der Waals surface area contributed by atoms with Crippen LogP contribution in [0.4, 0.5) is 5.69 Å². The van der Waals surface area contributed by atoms with Gasteiger partial charge in [0.15, 0.2) is 0 Å². The third-order valence-corrected chi connectivity index (χ3v) is 6.77. The molecule has 1 saturated heterocycles. The number of amides is 1. The fourth-order valence-electron chi connectivity index (χ4n) is 4.85. The van der Waals surface area contributed by atoms with E-state index < -0.39 is 0 Å². The minimum absolute atomic E-state index is 0.0618. The lowest BCUT2D eigenvalue weighted by Gasteiger charge is -2.41. The molecule has 1 aliphatic rings. The van der Waals surface area contributed by atoms with E-state index in [4.69, 9.17) is 4.74 Å². The van der Waals surface area contributed by atoms with Crippen molar-refractivity contribution in [1.29, 1.82) is 0 Å². The Bertz CT molecular complexity index is 1440. The number of benzene rings is 3. The van der Waals surface area contributed by atoms with Crippen molar-refractivity contribution in [2.75, 3.05) is 31.6 Å². The molecule has 1 aliphatic heterocycles. The maximum atomic E-state index is 13.8. The lowest BCUT2D eigenvalue weighted by molar-refractivity contribution is 0.0727. The average Bonchev–Trinajstić information content (AvgIpc) is 2.89. The van der Waals surface area contributed by atoms with Gasteiger partial charge in [0, 0.05) is 54.4 Å². The summed E-state index contributed by atoms with van der Waals surface area (Å²) in [7, 11) is 1.59. The van der Waals surface area contributed by atoms with Crippen LogP contribution in [0.2, 0.25) is 0 Å². The van der Waals surface area contributed by atoms with Crippen LogP contribution >= 0.6 is 0 Å². The first kappa shape index (κ1) is 22.7. The van der Waals surface area contributed by atoms with Crippen LogP contribution in [-0.4, -0.2) is 48.2 Å². The predicted octanol–water partition coefficient (Wildman–Crippen LogP) is 4.66. The number of carbonyl (C=O) groups excluding carboxylic acids is 1. The second kappa shape index (κ2) is 9.29. The summed E-state index contributed by atoms with van der Waals surface area (Å²) in [5.41, 5.74) is 3.43. The molecule has 0 N–H and O–H groups in total. The Hall–Kier alpha value is -4.06. The molecule has 178 valence electrons. The number of anilines is 1. The normalized spacial score (nSPS) is 15.9. The molecule has 0 aliphatic carbocycles. The molecular formula is C29H29N3O3. The number of hydrogen-bond acceptors (Lipinski definition) is 4. The molecular weight excluding hydrogens is 438 g/mol. The van der Waals surface area contributed by atoms with Gasteiger partial charge >= 0.3 is 0 Å². The first-order chi connectivity index (χ1) is 17.0. The van der Waals surface area contributed by atoms with Gasteiger partial charge in [-0.1, -0.05) is 42.0 Å². The zero-order chi connectivity index (χ0) is 24.5. The maximum absolute atomic E-state index is 13.8. The lowest BCUT2D eigenvalue weighted by Crippen LogP contribution is -2.53. The Balaban J connectivity index is 1.51. The highest BCUT2D eigenvalue weighted by molar-refractivity contribution is 6.06. The van der Waals surface area contributed by atoms with Gasteiger partial charge in [-0.3, -0.25) is 14.2 Å². The van der Waals surface area contributed by atoms with Crippen LogP contribution in [0, 0.1) is 6.92 Å². The summed E-state index contributed by atoms with van der Waals surface area (Å²) in [6, 6.07) is 23.3. The number of aromatic nitrogens is 1. The van der Waals surface area contributed by atoms with E-state index in [9.17, 15) is 9.59 Å². The molecule has 35 heavy (non-hydrogen) atoms. The van der Waals surface area contributed by atoms with Gasteiger partial charge < -0.3 is 14.5 Å². The minimum Gasteiger partial charge on any atom is -0.497 e. The zero-order valence-electron chi connectivity index (χ0n) is 20.3. The fourth-order valence-corrected chi connectivity index (χ4v) is 4.85. The molecule has 1 amide bonds. The van der Waals surface area contributed by atoms with E-state index in [0.29, 0.717) is 40.9 Å². The van der Waals surface area contributed by atoms with Crippen LogP contribution in [0.5, 0.6) is 5.75 Å². The largest absolute Gasteiger partial charge is 0.497 e. The van der Waals surface area contributed by atoms with Crippen LogP contribution in [0.1, 0.15) is 22.8 Å². The summed E-state index contributed by atoms with van der Waals surface area (Å²) in [6.45, 7) is 6.21. The zero-order valence-corrected chi connectivity index (χ0v) is 20.3. The van der Waals surface area contributed by atoms with Crippen LogP contribution in [0.25, 0.3) is 16.5 Å². The molecule has 0 bridgehead atoms. The van der Waals surface area contributed by atoms with Gasteiger partial charge in [-0.2, -0.15) is 0 Å².